The molecule has 27 heavy (non-hydrogen) atoms. The molecule has 1 N–H and O–H groups in total. The molecule has 0 amide bonds. The van der Waals surface area contributed by atoms with Crippen molar-refractivity contribution in [2.45, 2.75) is 32.1 Å². The Kier molecular flexibility index (Phi) is 5.14. The molecule has 138 valence electrons. The standard InChI is InChI=1S/C23H23FN2O/c24-20-12-10-18(11-13-20)22(27)17-8-6-16(7-9-17)14-21-15-25-23(26-21)19-4-2-1-3-5-19/h1-5,10-13,15-17H,6-9,14H2,(H,25,26). The number of benzene rings is 2. The third-order valence-electron chi connectivity index (χ3n) is 5.52. The fourth-order valence-electron chi connectivity index (χ4n) is 3.98. The van der Waals surface area contributed by atoms with E-state index in [0.29, 0.717) is 11.5 Å². The number of Topliss-reactive ketones (excluding diaryl/α,β-unsaturated/α-hetero) is 1. The zero-order valence-corrected chi connectivity index (χ0v) is 15.2. The molecule has 0 radical (unpaired) electrons. The number of rotatable bonds is 5. The molecule has 3 aromatic rings. The molecule has 1 saturated carbocycles. The monoisotopic (exact) mass is 362 g/mol. The third kappa shape index (κ3) is 4.16. The molecule has 0 spiro atoms. The van der Waals surface area contributed by atoms with Gasteiger partial charge in [0.15, 0.2) is 5.78 Å². The van der Waals surface area contributed by atoms with Crippen LogP contribution in [-0.4, -0.2) is 15.8 Å². The van der Waals surface area contributed by atoms with Crippen LogP contribution < -0.4 is 0 Å². The van der Waals surface area contributed by atoms with Gasteiger partial charge in [-0.25, -0.2) is 9.37 Å². The Morgan fingerprint density at radius 2 is 1.70 bits per heavy atom. The maximum atomic E-state index is 13.0. The summed E-state index contributed by atoms with van der Waals surface area (Å²) in [5.41, 5.74) is 2.80. The Hall–Kier alpha value is -2.75. The molecule has 1 aliphatic carbocycles. The van der Waals surface area contributed by atoms with Crippen molar-refractivity contribution in [3.63, 3.8) is 0 Å². The molecular formula is C23H23FN2O. The highest BCUT2D eigenvalue weighted by Crippen LogP contribution is 2.33. The number of imidazole rings is 1. The van der Waals surface area contributed by atoms with Crippen molar-refractivity contribution in [3.05, 3.63) is 77.9 Å². The second kappa shape index (κ2) is 7.87. The van der Waals surface area contributed by atoms with Gasteiger partial charge in [0.1, 0.15) is 11.6 Å². The van der Waals surface area contributed by atoms with E-state index < -0.39 is 0 Å². The number of aromatic nitrogens is 2. The second-order valence-electron chi connectivity index (χ2n) is 7.40. The number of nitrogens with zero attached hydrogens (tertiary/aromatic N) is 1. The summed E-state index contributed by atoms with van der Waals surface area (Å²) < 4.78 is 13.0. The number of hydrogen-bond acceptors (Lipinski definition) is 2. The predicted octanol–water partition coefficient (Wildman–Crippen LogP) is 5.45. The molecule has 0 bridgehead atoms. The number of H-pyrrole nitrogens is 1. The highest BCUT2D eigenvalue weighted by atomic mass is 19.1. The lowest BCUT2D eigenvalue weighted by atomic mass is 9.77. The van der Waals surface area contributed by atoms with Crippen LogP contribution in [0.1, 0.15) is 41.7 Å². The topological polar surface area (TPSA) is 45.8 Å². The van der Waals surface area contributed by atoms with Crippen molar-refractivity contribution in [3.8, 4) is 11.4 Å². The number of ketones is 1. The van der Waals surface area contributed by atoms with E-state index in [1.165, 1.54) is 12.1 Å². The van der Waals surface area contributed by atoms with E-state index in [2.05, 4.69) is 17.1 Å². The van der Waals surface area contributed by atoms with Crippen molar-refractivity contribution >= 4 is 5.78 Å². The minimum atomic E-state index is -0.302. The zero-order chi connectivity index (χ0) is 18.6. The molecule has 4 heteroatoms. The molecular weight excluding hydrogens is 339 g/mol. The van der Waals surface area contributed by atoms with Crippen LogP contribution in [0.3, 0.4) is 0 Å². The van der Waals surface area contributed by atoms with Crippen LogP contribution in [0.25, 0.3) is 11.4 Å². The van der Waals surface area contributed by atoms with Gasteiger partial charge in [0, 0.05) is 23.2 Å². The summed E-state index contributed by atoms with van der Waals surface area (Å²) >= 11 is 0. The number of hydrogen-bond donors (Lipinski definition) is 1. The lowest BCUT2D eigenvalue weighted by Crippen LogP contribution is -2.23. The molecule has 1 fully saturated rings. The van der Waals surface area contributed by atoms with E-state index in [0.717, 1.165) is 49.2 Å². The first-order valence-corrected chi connectivity index (χ1v) is 9.58. The fraction of sp³-hybridized carbons (Fsp3) is 0.304. The van der Waals surface area contributed by atoms with Gasteiger partial charge in [0.2, 0.25) is 0 Å². The maximum absolute atomic E-state index is 13.0. The van der Waals surface area contributed by atoms with E-state index in [9.17, 15) is 9.18 Å². The first kappa shape index (κ1) is 17.7. The van der Waals surface area contributed by atoms with Crippen molar-refractivity contribution in [1.82, 2.24) is 9.97 Å². The Labute approximate surface area is 158 Å². The van der Waals surface area contributed by atoms with Crippen LogP contribution in [0.5, 0.6) is 0 Å². The normalized spacial score (nSPS) is 19.7. The summed E-state index contributed by atoms with van der Waals surface area (Å²) in [6.45, 7) is 0. The minimum Gasteiger partial charge on any atom is -0.344 e. The minimum absolute atomic E-state index is 0.0609. The van der Waals surface area contributed by atoms with Gasteiger partial charge in [-0.05, 0) is 62.3 Å². The number of nitrogens with one attached hydrogen (secondary N) is 1. The van der Waals surface area contributed by atoms with Crippen LogP contribution in [-0.2, 0) is 6.42 Å². The fourth-order valence-corrected chi connectivity index (χ4v) is 3.98. The average Bonchev–Trinajstić information content (AvgIpc) is 3.18. The number of carbonyl (C=O) groups excluding carboxylic acids is 1. The molecule has 3 nitrogen and oxygen atoms in total. The van der Waals surface area contributed by atoms with Crippen LogP contribution in [0, 0.1) is 17.7 Å². The summed E-state index contributed by atoms with van der Waals surface area (Å²) in [6.07, 6.45) is 6.81. The molecule has 1 aromatic heterocycles. The zero-order valence-electron chi connectivity index (χ0n) is 15.2. The Bertz CT molecular complexity index is 894. The number of halogens is 1. The Morgan fingerprint density at radius 3 is 2.41 bits per heavy atom. The van der Waals surface area contributed by atoms with Gasteiger partial charge >= 0.3 is 0 Å². The molecule has 0 atom stereocenters. The van der Waals surface area contributed by atoms with Gasteiger partial charge in [-0.2, -0.15) is 0 Å². The lowest BCUT2D eigenvalue weighted by Gasteiger charge is -2.27. The molecule has 0 unspecified atom stereocenters. The Balaban J connectivity index is 1.33. The second-order valence-corrected chi connectivity index (χ2v) is 7.40. The van der Waals surface area contributed by atoms with Crippen LogP contribution in [0.4, 0.5) is 4.39 Å². The summed E-state index contributed by atoms with van der Waals surface area (Å²) in [5, 5.41) is 0. The smallest absolute Gasteiger partial charge is 0.165 e. The summed E-state index contributed by atoms with van der Waals surface area (Å²) in [4.78, 5) is 20.6. The van der Waals surface area contributed by atoms with Gasteiger partial charge in [-0.1, -0.05) is 30.3 Å². The average molecular weight is 362 g/mol. The maximum Gasteiger partial charge on any atom is 0.165 e. The van der Waals surface area contributed by atoms with Crippen molar-refractivity contribution in [1.29, 1.82) is 0 Å². The molecule has 0 aliphatic heterocycles. The third-order valence-corrected chi connectivity index (χ3v) is 5.52. The van der Waals surface area contributed by atoms with Crippen LogP contribution >= 0.6 is 0 Å². The number of carbonyl (C=O) groups is 1. The largest absolute Gasteiger partial charge is 0.344 e. The molecule has 4 rings (SSSR count). The Morgan fingerprint density at radius 1 is 1.00 bits per heavy atom. The van der Waals surface area contributed by atoms with E-state index in [1.807, 2.05) is 24.4 Å². The van der Waals surface area contributed by atoms with Gasteiger partial charge < -0.3 is 4.98 Å². The lowest BCUT2D eigenvalue weighted by molar-refractivity contribution is 0.0872. The molecule has 1 aliphatic rings. The SMILES string of the molecule is O=C(c1ccc(F)cc1)C1CCC(Cc2c[nH]c(-c3ccccc3)n2)CC1. The van der Waals surface area contributed by atoms with Crippen molar-refractivity contribution in [2.24, 2.45) is 11.8 Å². The van der Waals surface area contributed by atoms with E-state index in [-0.39, 0.29) is 17.5 Å². The first-order valence-electron chi connectivity index (χ1n) is 9.58. The van der Waals surface area contributed by atoms with Crippen LogP contribution in [0.15, 0.2) is 60.8 Å². The van der Waals surface area contributed by atoms with Gasteiger partial charge in [-0.15, -0.1) is 0 Å². The van der Waals surface area contributed by atoms with Gasteiger partial charge in [0.05, 0.1) is 5.69 Å². The first-order chi connectivity index (χ1) is 13.2. The number of aromatic amines is 1. The summed E-state index contributed by atoms with van der Waals surface area (Å²) in [6, 6.07) is 16.0. The molecule has 0 saturated heterocycles. The van der Waals surface area contributed by atoms with Crippen molar-refractivity contribution in [2.75, 3.05) is 0 Å². The van der Waals surface area contributed by atoms with E-state index >= 15 is 0 Å². The highest BCUT2D eigenvalue weighted by Gasteiger charge is 2.27. The van der Waals surface area contributed by atoms with Crippen LogP contribution in [0.2, 0.25) is 0 Å². The summed E-state index contributed by atoms with van der Waals surface area (Å²) in [5.74, 6) is 1.38. The quantitative estimate of drug-likeness (QED) is 0.614. The van der Waals surface area contributed by atoms with Crippen molar-refractivity contribution < 1.29 is 9.18 Å². The predicted molar refractivity (Wildman–Crippen MR) is 104 cm³/mol. The molecule has 1 heterocycles. The van der Waals surface area contributed by atoms with E-state index in [4.69, 9.17) is 4.98 Å². The summed E-state index contributed by atoms with van der Waals surface area (Å²) in [7, 11) is 0. The highest BCUT2D eigenvalue weighted by molar-refractivity contribution is 5.97. The molecule has 2 aromatic carbocycles. The van der Waals surface area contributed by atoms with E-state index in [1.54, 1.807) is 12.1 Å². The van der Waals surface area contributed by atoms with Gasteiger partial charge in [-0.3, -0.25) is 4.79 Å². The van der Waals surface area contributed by atoms with Gasteiger partial charge in [0.25, 0.3) is 0 Å².